The Bertz CT molecular complexity index is 560. The van der Waals surface area contributed by atoms with Crippen LogP contribution in [0.2, 0.25) is 0 Å². The summed E-state index contributed by atoms with van der Waals surface area (Å²) in [6.45, 7) is 9.69. The van der Waals surface area contributed by atoms with Crippen molar-refractivity contribution in [1.82, 2.24) is 9.80 Å². The Hall–Kier alpha value is -0.600. The molecule has 0 aromatic rings. The van der Waals surface area contributed by atoms with Crippen LogP contribution in [-0.4, -0.2) is 49.1 Å². The highest BCUT2D eigenvalue weighted by Crippen LogP contribution is 2.20. The average Bonchev–Trinajstić information content (AvgIpc) is 2.98. The van der Waals surface area contributed by atoms with E-state index in [1.54, 1.807) is 0 Å². The maximum Gasteiger partial charge on any atom is 0.0113 e. The molecule has 2 nitrogen and oxygen atoms in total. The van der Waals surface area contributed by atoms with Gasteiger partial charge in [0, 0.05) is 32.2 Å². The van der Waals surface area contributed by atoms with Gasteiger partial charge < -0.3 is 4.90 Å². The molecule has 1 aliphatic rings. The number of rotatable bonds is 30. The molecule has 1 rings (SSSR count). The lowest BCUT2D eigenvalue weighted by molar-refractivity contribution is 0.0989. The van der Waals surface area contributed by atoms with Crippen molar-refractivity contribution in [2.75, 3.05) is 33.2 Å². The second kappa shape index (κ2) is 30.8. The summed E-state index contributed by atoms with van der Waals surface area (Å²) in [5, 5.41) is 0. The van der Waals surface area contributed by atoms with E-state index in [1.807, 2.05) is 0 Å². The van der Waals surface area contributed by atoms with Gasteiger partial charge in [0.2, 0.25) is 0 Å². The van der Waals surface area contributed by atoms with E-state index in [2.05, 4.69) is 55.0 Å². The number of unbranched alkanes of at least 4 members (excludes halogenated alkanes) is 21. The molecule has 2 heteroatoms. The number of nitrogens with zero attached hydrogens (tertiary/aromatic N) is 2. The Morgan fingerprint density at radius 2 is 0.732 bits per heavy atom. The summed E-state index contributed by atoms with van der Waals surface area (Å²) in [7, 11) is 2.29. The van der Waals surface area contributed by atoms with Crippen molar-refractivity contribution in [3.63, 3.8) is 0 Å². The van der Waals surface area contributed by atoms with Crippen LogP contribution in [0.15, 0.2) is 24.3 Å². The van der Waals surface area contributed by atoms with Gasteiger partial charge >= 0.3 is 0 Å². The third-order valence-corrected chi connectivity index (χ3v) is 9.40. The van der Waals surface area contributed by atoms with E-state index in [9.17, 15) is 0 Å². The molecule has 0 saturated carbocycles. The number of hydrogen-bond donors (Lipinski definition) is 0. The largest absolute Gasteiger partial charge is 0.304 e. The number of hydrogen-bond acceptors (Lipinski definition) is 2. The highest BCUT2D eigenvalue weighted by Gasteiger charge is 2.21. The number of piperazine rings is 1. The Morgan fingerprint density at radius 1 is 0.415 bits per heavy atom. The molecule has 1 atom stereocenters. The number of likely N-dealkylation sites (N-methyl/N-ethyl adjacent to an activating group) is 1. The monoisotopic (exact) mass is 573 g/mol. The molecule has 0 aromatic heterocycles. The molecule has 0 amide bonds. The predicted molar refractivity (Wildman–Crippen MR) is 187 cm³/mol. The van der Waals surface area contributed by atoms with Gasteiger partial charge in [0.15, 0.2) is 0 Å². The van der Waals surface area contributed by atoms with Crippen LogP contribution in [0.3, 0.4) is 0 Å². The quantitative estimate of drug-likeness (QED) is 0.0624. The first kappa shape index (κ1) is 38.4. The zero-order valence-electron chi connectivity index (χ0n) is 28.7. The van der Waals surface area contributed by atoms with E-state index in [-0.39, 0.29) is 0 Å². The first-order valence-electron chi connectivity index (χ1n) is 19.0. The molecule has 1 fully saturated rings. The van der Waals surface area contributed by atoms with Gasteiger partial charge in [-0.15, -0.1) is 0 Å². The van der Waals surface area contributed by atoms with Crippen molar-refractivity contribution in [2.24, 2.45) is 0 Å². The van der Waals surface area contributed by atoms with Crippen molar-refractivity contribution in [3.8, 4) is 0 Å². The van der Waals surface area contributed by atoms with Crippen LogP contribution in [-0.2, 0) is 0 Å². The van der Waals surface area contributed by atoms with Gasteiger partial charge in [0.1, 0.15) is 0 Å². The highest BCUT2D eigenvalue weighted by molar-refractivity contribution is 4.82. The highest BCUT2D eigenvalue weighted by atomic mass is 15.3. The molecule has 0 N–H and O–H groups in total. The zero-order valence-corrected chi connectivity index (χ0v) is 28.7. The Kier molecular flexibility index (Phi) is 28.9. The number of allylic oxidation sites excluding steroid dienone is 4. The summed E-state index contributed by atoms with van der Waals surface area (Å²) in [6, 6.07) is 0.842. The van der Waals surface area contributed by atoms with Crippen LogP contribution < -0.4 is 0 Å². The SMILES string of the molecule is CCCCCCC/C=C\CCCCCCC[C@H](CCCCCCC/C=C\CCCCCCCC)N1CCN(C)CC1. The van der Waals surface area contributed by atoms with E-state index in [0.717, 1.165) is 6.04 Å². The van der Waals surface area contributed by atoms with Gasteiger partial charge in [0.05, 0.1) is 0 Å². The normalized spacial score (nSPS) is 16.0. The molecule has 0 aliphatic carbocycles. The molecule has 242 valence electrons. The predicted octanol–water partition coefficient (Wildman–Crippen LogP) is 12.3. The molecule has 0 unspecified atom stereocenters. The fourth-order valence-electron chi connectivity index (χ4n) is 6.42. The average molecular weight is 573 g/mol. The molecular formula is C39H76N2. The van der Waals surface area contributed by atoms with Crippen molar-refractivity contribution < 1.29 is 0 Å². The lowest BCUT2D eigenvalue weighted by atomic mass is 9.98. The summed E-state index contributed by atoms with van der Waals surface area (Å²) in [6.07, 6.45) is 47.6. The topological polar surface area (TPSA) is 6.48 Å². The van der Waals surface area contributed by atoms with Gasteiger partial charge in [-0.1, -0.05) is 147 Å². The summed E-state index contributed by atoms with van der Waals surface area (Å²) in [5.41, 5.74) is 0. The summed E-state index contributed by atoms with van der Waals surface area (Å²) >= 11 is 0. The van der Waals surface area contributed by atoms with Crippen LogP contribution in [0, 0.1) is 0 Å². The van der Waals surface area contributed by atoms with Gasteiger partial charge in [0.25, 0.3) is 0 Å². The molecular weight excluding hydrogens is 496 g/mol. The van der Waals surface area contributed by atoms with Crippen LogP contribution in [0.1, 0.15) is 187 Å². The second-order valence-electron chi connectivity index (χ2n) is 13.4. The van der Waals surface area contributed by atoms with Crippen molar-refractivity contribution in [1.29, 1.82) is 0 Å². The van der Waals surface area contributed by atoms with Gasteiger partial charge in [-0.05, 0) is 71.3 Å². The molecule has 0 aromatic carbocycles. The van der Waals surface area contributed by atoms with E-state index in [4.69, 9.17) is 0 Å². The Balaban J connectivity index is 2.06. The first-order chi connectivity index (χ1) is 20.3. The molecule has 1 aliphatic heterocycles. The van der Waals surface area contributed by atoms with Crippen molar-refractivity contribution in [3.05, 3.63) is 24.3 Å². The minimum Gasteiger partial charge on any atom is -0.304 e. The summed E-state index contributed by atoms with van der Waals surface area (Å²) in [5.74, 6) is 0. The van der Waals surface area contributed by atoms with E-state index < -0.39 is 0 Å². The standard InChI is InChI=1S/C39H76N2/c1-4-6-8-10-12-14-16-18-20-22-24-26-28-30-32-34-39(41-37-35-40(3)36-38-41)33-31-29-27-25-23-21-19-17-15-13-11-9-7-5-2/h17-20,39H,4-16,21-38H2,1-3H3/b19-17-,20-18-/t39-/m1/s1. The summed E-state index contributed by atoms with van der Waals surface area (Å²) < 4.78 is 0. The van der Waals surface area contributed by atoms with E-state index in [1.165, 1.54) is 200 Å². The third-order valence-electron chi connectivity index (χ3n) is 9.40. The Morgan fingerprint density at radius 3 is 1.10 bits per heavy atom. The lowest BCUT2D eigenvalue weighted by Gasteiger charge is -2.38. The minimum atomic E-state index is 0.842. The second-order valence-corrected chi connectivity index (χ2v) is 13.4. The smallest absolute Gasteiger partial charge is 0.0113 e. The van der Waals surface area contributed by atoms with Crippen LogP contribution in [0.5, 0.6) is 0 Å². The first-order valence-corrected chi connectivity index (χ1v) is 19.0. The molecule has 0 bridgehead atoms. The zero-order chi connectivity index (χ0) is 29.5. The van der Waals surface area contributed by atoms with E-state index >= 15 is 0 Å². The maximum atomic E-state index is 2.85. The fourth-order valence-corrected chi connectivity index (χ4v) is 6.42. The van der Waals surface area contributed by atoms with Crippen LogP contribution in [0.4, 0.5) is 0 Å². The molecule has 41 heavy (non-hydrogen) atoms. The van der Waals surface area contributed by atoms with Gasteiger partial charge in [-0.2, -0.15) is 0 Å². The Labute approximate surface area is 260 Å². The van der Waals surface area contributed by atoms with Gasteiger partial charge in [-0.3, -0.25) is 4.90 Å². The summed E-state index contributed by atoms with van der Waals surface area (Å²) in [4.78, 5) is 5.36. The van der Waals surface area contributed by atoms with Crippen LogP contribution in [0.25, 0.3) is 0 Å². The minimum absolute atomic E-state index is 0.842. The fraction of sp³-hybridized carbons (Fsp3) is 0.897. The third kappa shape index (κ3) is 25.6. The van der Waals surface area contributed by atoms with Crippen molar-refractivity contribution >= 4 is 0 Å². The molecule has 1 heterocycles. The van der Waals surface area contributed by atoms with Crippen LogP contribution >= 0.6 is 0 Å². The molecule has 0 spiro atoms. The maximum absolute atomic E-state index is 2.85. The van der Waals surface area contributed by atoms with Crippen molar-refractivity contribution in [2.45, 2.75) is 193 Å². The van der Waals surface area contributed by atoms with E-state index in [0.29, 0.717) is 0 Å². The van der Waals surface area contributed by atoms with Gasteiger partial charge in [-0.25, -0.2) is 0 Å². The lowest BCUT2D eigenvalue weighted by Crippen LogP contribution is -2.49. The molecule has 0 radical (unpaired) electrons. The molecule has 1 saturated heterocycles.